The Labute approximate surface area is 118 Å². The van der Waals surface area contributed by atoms with Crippen LogP contribution in [0.2, 0.25) is 0 Å². The molecule has 0 saturated heterocycles. The summed E-state index contributed by atoms with van der Waals surface area (Å²) in [4.78, 5) is 4.81. The minimum atomic E-state index is 0.294. The summed E-state index contributed by atoms with van der Waals surface area (Å²) in [7, 11) is 2.10. The SMILES string of the molecule is Cn1c(C2Cc3ccccc3CN2)nc2ccccc21. The second-order valence-corrected chi connectivity index (χ2v) is 5.42. The molecule has 1 unspecified atom stereocenters. The zero-order valence-corrected chi connectivity index (χ0v) is 11.5. The first kappa shape index (κ1) is 11.7. The monoisotopic (exact) mass is 263 g/mol. The molecule has 3 aromatic rings. The topological polar surface area (TPSA) is 29.9 Å². The molecule has 3 heteroatoms. The van der Waals surface area contributed by atoms with Crippen molar-refractivity contribution in [1.82, 2.24) is 14.9 Å². The summed E-state index contributed by atoms with van der Waals surface area (Å²) in [5.41, 5.74) is 5.11. The van der Waals surface area contributed by atoms with E-state index >= 15 is 0 Å². The maximum Gasteiger partial charge on any atom is 0.127 e. The van der Waals surface area contributed by atoms with E-state index in [0.717, 1.165) is 24.3 Å². The molecule has 0 saturated carbocycles. The zero-order valence-electron chi connectivity index (χ0n) is 11.5. The van der Waals surface area contributed by atoms with Crippen LogP contribution in [-0.2, 0) is 20.0 Å². The number of aromatic nitrogens is 2. The maximum atomic E-state index is 4.81. The molecule has 1 aromatic heterocycles. The average molecular weight is 263 g/mol. The van der Waals surface area contributed by atoms with E-state index in [1.165, 1.54) is 16.6 Å². The number of nitrogens with zero attached hydrogens (tertiary/aromatic N) is 2. The highest BCUT2D eigenvalue weighted by Crippen LogP contribution is 2.27. The molecule has 100 valence electrons. The predicted molar refractivity (Wildman–Crippen MR) is 80.4 cm³/mol. The zero-order chi connectivity index (χ0) is 13.5. The first-order chi connectivity index (χ1) is 9.83. The van der Waals surface area contributed by atoms with Crippen LogP contribution in [0.15, 0.2) is 48.5 Å². The average Bonchev–Trinajstić information content (AvgIpc) is 2.84. The number of hydrogen-bond acceptors (Lipinski definition) is 2. The van der Waals surface area contributed by atoms with Crippen molar-refractivity contribution in [2.45, 2.75) is 19.0 Å². The van der Waals surface area contributed by atoms with Gasteiger partial charge in [0.2, 0.25) is 0 Å². The molecule has 2 aromatic carbocycles. The summed E-state index contributed by atoms with van der Waals surface area (Å²) in [5.74, 6) is 1.13. The molecule has 2 heterocycles. The third-order valence-electron chi connectivity index (χ3n) is 4.21. The Bertz CT molecular complexity index is 773. The Kier molecular flexibility index (Phi) is 2.60. The number of hydrogen-bond donors (Lipinski definition) is 1. The third kappa shape index (κ3) is 1.74. The van der Waals surface area contributed by atoms with Gasteiger partial charge in [-0.05, 0) is 29.7 Å². The van der Waals surface area contributed by atoms with Crippen molar-refractivity contribution in [1.29, 1.82) is 0 Å². The van der Waals surface area contributed by atoms with Crippen LogP contribution in [0.3, 0.4) is 0 Å². The normalized spacial score (nSPS) is 18.1. The molecule has 0 radical (unpaired) electrons. The summed E-state index contributed by atoms with van der Waals surface area (Å²) >= 11 is 0. The van der Waals surface area contributed by atoms with E-state index in [0.29, 0.717) is 6.04 Å². The standard InChI is InChI=1S/C17H17N3/c1-20-16-9-5-4-8-14(16)19-17(20)15-10-12-6-2-3-7-13(12)11-18-15/h2-9,15,18H,10-11H2,1H3. The Balaban J connectivity index is 1.76. The number of imidazole rings is 1. The quantitative estimate of drug-likeness (QED) is 0.731. The molecule has 1 atom stereocenters. The van der Waals surface area contributed by atoms with Crippen LogP contribution in [0.25, 0.3) is 11.0 Å². The molecule has 0 aliphatic carbocycles. The van der Waals surface area contributed by atoms with E-state index in [2.05, 4.69) is 59.4 Å². The number of fused-ring (bicyclic) bond motifs is 2. The van der Waals surface area contributed by atoms with Crippen molar-refractivity contribution in [2.75, 3.05) is 0 Å². The number of para-hydroxylation sites is 2. The van der Waals surface area contributed by atoms with Crippen LogP contribution in [0, 0.1) is 0 Å². The molecule has 1 N–H and O–H groups in total. The van der Waals surface area contributed by atoms with Gasteiger partial charge in [0.15, 0.2) is 0 Å². The molecular weight excluding hydrogens is 246 g/mol. The number of nitrogens with one attached hydrogen (secondary N) is 1. The van der Waals surface area contributed by atoms with Crippen LogP contribution in [-0.4, -0.2) is 9.55 Å². The Morgan fingerprint density at radius 2 is 1.80 bits per heavy atom. The van der Waals surface area contributed by atoms with Gasteiger partial charge in [0, 0.05) is 13.6 Å². The number of aryl methyl sites for hydroxylation is 1. The molecular formula is C17H17N3. The van der Waals surface area contributed by atoms with Crippen LogP contribution in [0.1, 0.15) is 23.0 Å². The number of rotatable bonds is 1. The largest absolute Gasteiger partial charge is 0.330 e. The van der Waals surface area contributed by atoms with Gasteiger partial charge < -0.3 is 9.88 Å². The lowest BCUT2D eigenvalue weighted by molar-refractivity contribution is 0.467. The summed E-state index contributed by atoms with van der Waals surface area (Å²) in [6.07, 6.45) is 1.01. The van der Waals surface area contributed by atoms with Gasteiger partial charge in [-0.3, -0.25) is 0 Å². The summed E-state index contributed by atoms with van der Waals surface area (Å²) in [6.45, 7) is 0.921. The van der Waals surface area contributed by atoms with Crippen molar-refractivity contribution < 1.29 is 0 Å². The van der Waals surface area contributed by atoms with Crippen molar-refractivity contribution >= 4 is 11.0 Å². The highest BCUT2D eigenvalue weighted by molar-refractivity contribution is 5.75. The van der Waals surface area contributed by atoms with Gasteiger partial charge in [-0.2, -0.15) is 0 Å². The van der Waals surface area contributed by atoms with Crippen LogP contribution in [0.5, 0.6) is 0 Å². The highest BCUT2D eigenvalue weighted by Gasteiger charge is 2.23. The predicted octanol–water partition coefficient (Wildman–Crippen LogP) is 2.96. The first-order valence-corrected chi connectivity index (χ1v) is 7.04. The van der Waals surface area contributed by atoms with Crippen LogP contribution in [0.4, 0.5) is 0 Å². The van der Waals surface area contributed by atoms with Crippen molar-refractivity contribution in [2.24, 2.45) is 7.05 Å². The van der Waals surface area contributed by atoms with Gasteiger partial charge in [-0.25, -0.2) is 4.98 Å². The van der Waals surface area contributed by atoms with E-state index < -0.39 is 0 Å². The summed E-state index contributed by atoms with van der Waals surface area (Å²) < 4.78 is 2.21. The maximum absolute atomic E-state index is 4.81. The Morgan fingerprint density at radius 1 is 1.05 bits per heavy atom. The van der Waals surface area contributed by atoms with Crippen molar-refractivity contribution in [3.63, 3.8) is 0 Å². The molecule has 0 fully saturated rings. The van der Waals surface area contributed by atoms with Gasteiger partial charge in [0.1, 0.15) is 5.82 Å². The van der Waals surface area contributed by atoms with Crippen LogP contribution >= 0.6 is 0 Å². The van der Waals surface area contributed by atoms with E-state index in [4.69, 9.17) is 4.98 Å². The molecule has 20 heavy (non-hydrogen) atoms. The second-order valence-electron chi connectivity index (χ2n) is 5.42. The van der Waals surface area contributed by atoms with E-state index in [1.807, 2.05) is 6.07 Å². The molecule has 3 nitrogen and oxygen atoms in total. The van der Waals surface area contributed by atoms with E-state index in [1.54, 1.807) is 0 Å². The summed E-state index contributed by atoms with van der Waals surface area (Å²) in [5, 5.41) is 3.61. The third-order valence-corrected chi connectivity index (χ3v) is 4.21. The lowest BCUT2D eigenvalue weighted by atomic mass is 9.95. The Morgan fingerprint density at radius 3 is 2.65 bits per heavy atom. The minimum absolute atomic E-state index is 0.294. The van der Waals surface area contributed by atoms with Gasteiger partial charge in [0.25, 0.3) is 0 Å². The van der Waals surface area contributed by atoms with Gasteiger partial charge >= 0.3 is 0 Å². The van der Waals surface area contributed by atoms with Gasteiger partial charge in [-0.15, -0.1) is 0 Å². The lowest BCUT2D eigenvalue weighted by Crippen LogP contribution is -2.30. The second kappa shape index (κ2) is 4.46. The fourth-order valence-corrected chi connectivity index (χ4v) is 3.11. The van der Waals surface area contributed by atoms with Crippen molar-refractivity contribution in [3.8, 4) is 0 Å². The molecule has 0 spiro atoms. The van der Waals surface area contributed by atoms with Gasteiger partial charge in [-0.1, -0.05) is 36.4 Å². The van der Waals surface area contributed by atoms with Crippen LogP contribution < -0.4 is 5.32 Å². The molecule has 4 rings (SSSR count). The summed E-state index contributed by atoms with van der Waals surface area (Å²) in [6, 6.07) is 17.3. The lowest BCUT2D eigenvalue weighted by Gasteiger charge is -2.25. The minimum Gasteiger partial charge on any atom is -0.330 e. The molecule has 1 aliphatic heterocycles. The number of benzene rings is 2. The molecule has 0 amide bonds. The Hall–Kier alpha value is -2.13. The fourth-order valence-electron chi connectivity index (χ4n) is 3.11. The van der Waals surface area contributed by atoms with Crippen molar-refractivity contribution in [3.05, 3.63) is 65.5 Å². The molecule has 0 bridgehead atoms. The molecule has 1 aliphatic rings. The first-order valence-electron chi connectivity index (χ1n) is 7.04. The highest BCUT2D eigenvalue weighted by atomic mass is 15.1. The van der Waals surface area contributed by atoms with E-state index in [-0.39, 0.29) is 0 Å². The fraction of sp³-hybridized carbons (Fsp3) is 0.235. The van der Waals surface area contributed by atoms with E-state index in [9.17, 15) is 0 Å². The smallest absolute Gasteiger partial charge is 0.127 e. The van der Waals surface area contributed by atoms with Gasteiger partial charge in [0.05, 0.1) is 17.1 Å².